The summed E-state index contributed by atoms with van der Waals surface area (Å²) in [6.45, 7) is 0. The third-order valence-electron chi connectivity index (χ3n) is 4.48. The van der Waals surface area contributed by atoms with Crippen LogP contribution in [-0.4, -0.2) is 18.0 Å². The number of para-hydroxylation sites is 2. The molecular formula is C20H18N4O2. The van der Waals surface area contributed by atoms with E-state index in [1.165, 1.54) is 23.6 Å². The van der Waals surface area contributed by atoms with Gasteiger partial charge in [-0.3, -0.25) is 9.59 Å². The number of hydrogen-bond acceptors (Lipinski definition) is 4. The normalized spacial score (nSPS) is 16.8. The van der Waals surface area contributed by atoms with Gasteiger partial charge in [0.1, 0.15) is 5.70 Å². The number of nitrogens with one attached hydrogen (secondary N) is 3. The van der Waals surface area contributed by atoms with Crippen molar-refractivity contribution in [2.75, 3.05) is 10.6 Å². The fourth-order valence-electron chi connectivity index (χ4n) is 3.20. The second kappa shape index (κ2) is 6.84. The Hall–Kier alpha value is -3.41. The van der Waals surface area contributed by atoms with Crippen molar-refractivity contribution in [3.8, 4) is 0 Å². The molecule has 0 radical (unpaired) electrons. The van der Waals surface area contributed by atoms with Gasteiger partial charge < -0.3 is 10.6 Å². The summed E-state index contributed by atoms with van der Waals surface area (Å²) in [6.07, 6.45) is 6.23. The van der Waals surface area contributed by atoms with Crippen LogP contribution in [0.25, 0.3) is 0 Å². The van der Waals surface area contributed by atoms with Crippen LogP contribution in [0.4, 0.5) is 11.4 Å². The lowest BCUT2D eigenvalue weighted by Gasteiger charge is -2.20. The summed E-state index contributed by atoms with van der Waals surface area (Å²) >= 11 is 0. The highest BCUT2D eigenvalue weighted by Crippen LogP contribution is 2.27. The molecule has 0 fully saturated rings. The molecular weight excluding hydrogens is 328 g/mol. The molecule has 2 aromatic rings. The van der Waals surface area contributed by atoms with Crippen molar-refractivity contribution in [2.45, 2.75) is 19.3 Å². The highest BCUT2D eigenvalue weighted by atomic mass is 16.2. The molecule has 0 spiro atoms. The molecule has 0 bridgehead atoms. The van der Waals surface area contributed by atoms with Crippen molar-refractivity contribution in [2.24, 2.45) is 5.10 Å². The Balaban J connectivity index is 1.41. The number of carbonyl (C=O) groups is 2. The van der Waals surface area contributed by atoms with Crippen molar-refractivity contribution in [1.29, 1.82) is 0 Å². The van der Waals surface area contributed by atoms with Gasteiger partial charge in [0.2, 0.25) is 0 Å². The second-order valence-corrected chi connectivity index (χ2v) is 6.30. The molecule has 0 saturated heterocycles. The fraction of sp³-hybridized carbons (Fsp3) is 0.150. The molecule has 2 aromatic carbocycles. The Labute approximate surface area is 151 Å². The summed E-state index contributed by atoms with van der Waals surface area (Å²) in [4.78, 5) is 24.1. The largest absolute Gasteiger partial charge is 0.349 e. The van der Waals surface area contributed by atoms with Gasteiger partial charge in [-0.1, -0.05) is 24.3 Å². The highest BCUT2D eigenvalue weighted by molar-refractivity contribution is 6.13. The van der Waals surface area contributed by atoms with Gasteiger partial charge in [-0.25, -0.2) is 5.43 Å². The maximum atomic E-state index is 12.0. The summed E-state index contributed by atoms with van der Waals surface area (Å²) in [5, 5.41) is 9.66. The third kappa shape index (κ3) is 3.35. The number of anilines is 2. The molecule has 1 aliphatic carbocycles. The first-order valence-corrected chi connectivity index (χ1v) is 8.53. The second-order valence-electron chi connectivity index (χ2n) is 6.30. The first-order chi connectivity index (χ1) is 12.7. The molecule has 1 aliphatic heterocycles. The molecule has 6 nitrogen and oxygen atoms in total. The number of carbonyl (C=O) groups excluding carboxylic acids is 2. The zero-order chi connectivity index (χ0) is 17.9. The monoisotopic (exact) mass is 346 g/mol. The fourth-order valence-corrected chi connectivity index (χ4v) is 3.20. The summed E-state index contributed by atoms with van der Waals surface area (Å²) in [5.41, 5.74) is 7.72. The zero-order valence-electron chi connectivity index (χ0n) is 14.1. The van der Waals surface area contributed by atoms with E-state index in [1.54, 1.807) is 12.3 Å². The SMILES string of the molecule is O=C(/C=C1/Nc2ccccc2NC1=O)N/N=C/c1ccc2c(c1)CCC2. The van der Waals surface area contributed by atoms with Gasteiger partial charge >= 0.3 is 0 Å². The van der Waals surface area contributed by atoms with E-state index in [0.717, 1.165) is 24.1 Å². The maximum absolute atomic E-state index is 12.0. The van der Waals surface area contributed by atoms with E-state index in [2.05, 4.69) is 33.3 Å². The van der Waals surface area contributed by atoms with E-state index in [0.29, 0.717) is 5.69 Å². The number of rotatable bonds is 3. The van der Waals surface area contributed by atoms with Crippen LogP contribution < -0.4 is 16.1 Å². The predicted molar refractivity (Wildman–Crippen MR) is 101 cm³/mol. The minimum atomic E-state index is -0.473. The highest BCUT2D eigenvalue weighted by Gasteiger charge is 2.19. The molecule has 0 aromatic heterocycles. The minimum Gasteiger partial charge on any atom is -0.349 e. The van der Waals surface area contributed by atoms with Crippen LogP contribution in [0.15, 0.2) is 59.3 Å². The van der Waals surface area contributed by atoms with Crippen LogP contribution in [0.5, 0.6) is 0 Å². The predicted octanol–water partition coefficient (Wildman–Crippen LogP) is 2.57. The summed E-state index contributed by atoms with van der Waals surface area (Å²) in [7, 11) is 0. The molecule has 0 atom stereocenters. The van der Waals surface area contributed by atoms with Gasteiger partial charge in [0.25, 0.3) is 11.8 Å². The molecule has 1 heterocycles. The van der Waals surface area contributed by atoms with Crippen molar-refractivity contribution < 1.29 is 9.59 Å². The van der Waals surface area contributed by atoms with E-state index < -0.39 is 5.91 Å². The van der Waals surface area contributed by atoms with E-state index in [-0.39, 0.29) is 11.6 Å². The Bertz CT molecular complexity index is 947. The van der Waals surface area contributed by atoms with Gasteiger partial charge in [-0.05, 0) is 54.2 Å². The minimum absolute atomic E-state index is 0.175. The number of benzene rings is 2. The Kier molecular flexibility index (Phi) is 4.23. The molecule has 0 unspecified atom stereocenters. The molecule has 3 N–H and O–H groups in total. The molecule has 2 aliphatic rings. The van der Waals surface area contributed by atoms with Gasteiger partial charge in [-0.15, -0.1) is 0 Å². The summed E-state index contributed by atoms with van der Waals surface area (Å²) in [5.74, 6) is -0.833. The van der Waals surface area contributed by atoms with E-state index in [9.17, 15) is 9.59 Å². The van der Waals surface area contributed by atoms with Crippen molar-refractivity contribution >= 4 is 29.4 Å². The number of nitrogens with zero attached hydrogens (tertiary/aromatic N) is 1. The van der Waals surface area contributed by atoms with Crippen molar-refractivity contribution in [1.82, 2.24) is 5.43 Å². The summed E-state index contributed by atoms with van der Waals surface area (Å²) < 4.78 is 0. The van der Waals surface area contributed by atoms with Crippen LogP contribution in [0.2, 0.25) is 0 Å². The quantitative estimate of drug-likeness (QED) is 0.454. The van der Waals surface area contributed by atoms with Crippen LogP contribution in [0.1, 0.15) is 23.1 Å². The standard InChI is InChI=1S/C20H18N4O2/c25-19(11-18-20(26)23-17-7-2-1-6-16(17)22-18)24-21-12-13-8-9-14-4-3-5-15(14)10-13/h1-2,6-12,22H,3-5H2,(H,23,26)(H,24,25)/b18-11+,21-12+. The van der Waals surface area contributed by atoms with Gasteiger partial charge in [0.15, 0.2) is 0 Å². The number of amides is 2. The number of hydrogen-bond donors (Lipinski definition) is 3. The number of aryl methyl sites for hydroxylation is 2. The van der Waals surface area contributed by atoms with Gasteiger partial charge in [0.05, 0.1) is 17.6 Å². The lowest BCUT2D eigenvalue weighted by atomic mass is 10.1. The maximum Gasteiger partial charge on any atom is 0.272 e. The van der Waals surface area contributed by atoms with Crippen LogP contribution in [-0.2, 0) is 22.4 Å². The average molecular weight is 346 g/mol. The zero-order valence-corrected chi connectivity index (χ0v) is 14.1. The molecule has 0 saturated carbocycles. The Morgan fingerprint density at radius 1 is 1.04 bits per heavy atom. The first kappa shape index (κ1) is 16.1. The van der Waals surface area contributed by atoms with E-state index in [1.807, 2.05) is 24.3 Å². The van der Waals surface area contributed by atoms with Gasteiger partial charge in [0, 0.05) is 6.08 Å². The number of hydrazone groups is 1. The Morgan fingerprint density at radius 2 is 1.81 bits per heavy atom. The van der Waals surface area contributed by atoms with E-state index >= 15 is 0 Å². The molecule has 4 rings (SSSR count). The lowest BCUT2D eigenvalue weighted by Crippen LogP contribution is -2.27. The lowest BCUT2D eigenvalue weighted by molar-refractivity contribution is -0.117. The molecule has 130 valence electrons. The summed E-state index contributed by atoms with van der Waals surface area (Å²) in [6, 6.07) is 13.5. The average Bonchev–Trinajstić information content (AvgIpc) is 3.10. The van der Waals surface area contributed by atoms with Crippen LogP contribution >= 0.6 is 0 Å². The van der Waals surface area contributed by atoms with Crippen LogP contribution in [0, 0.1) is 0 Å². The smallest absolute Gasteiger partial charge is 0.272 e. The number of fused-ring (bicyclic) bond motifs is 2. The topological polar surface area (TPSA) is 82.6 Å². The van der Waals surface area contributed by atoms with Crippen molar-refractivity contribution in [3.05, 3.63) is 70.9 Å². The third-order valence-corrected chi connectivity index (χ3v) is 4.48. The van der Waals surface area contributed by atoms with Crippen LogP contribution in [0.3, 0.4) is 0 Å². The molecule has 26 heavy (non-hydrogen) atoms. The molecule has 6 heteroatoms. The first-order valence-electron chi connectivity index (χ1n) is 8.53. The molecule has 2 amide bonds. The van der Waals surface area contributed by atoms with Gasteiger partial charge in [-0.2, -0.15) is 5.10 Å². The van der Waals surface area contributed by atoms with E-state index in [4.69, 9.17) is 0 Å². The van der Waals surface area contributed by atoms with Crippen molar-refractivity contribution in [3.63, 3.8) is 0 Å². The Morgan fingerprint density at radius 3 is 2.65 bits per heavy atom.